The predicted octanol–water partition coefficient (Wildman–Crippen LogP) is 2.50. The molecular formula is C7H7Cl2F2N. The van der Waals surface area contributed by atoms with Crippen molar-refractivity contribution in [3.8, 4) is 0 Å². The van der Waals surface area contributed by atoms with Gasteiger partial charge < -0.3 is 5.73 Å². The second kappa shape index (κ2) is 4.60. The predicted molar refractivity (Wildman–Crippen MR) is 46.5 cm³/mol. The molecule has 2 N–H and O–H groups in total. The topological polar surface area (TPSA) is 26.0 Å². The maximum atomic E-state index is 12.7. The fourth-order valence-corrected chi connectivity index (χ4v) is 0.906. The number of nitrogens with two attached hydrogens (primary N) is 1. The SMILES string of the molecule is Cl.NCc1cc(Cl)c(F)cc1F. The first-order valence-corrected chi connectivity index (χ1v) is 3.36. The zero-order valence-corrected chi connectivity index (χ0v) is 7.55. The Morgan fingerprint density at radius 3 is 2.33 bits per heavy atom. The van der Waals surface area contributed by atoms with Crippen molar-refractivity contribution >= 4 is 24.0 Å². The van der Waals surface area contributed by atoms with Gasteiger partial charge >= 0.3 is 0 Å². The first-order valence-electron chi connectivity index (χ1n) is 2.98. The molecule has 0 atom stereocenters. The van der Waals surface area contributed by atoms with Crippen LogP contribution in [0, 0.1) is 11.6 Å². The molecule has 1 nitrogen and oxygen atoms in total. The van der Waals surface area contributed by atoms with Crippen molar-refractivity contribution in [2.75, 3.05) is 0 Å². The summed E-state index contributed by atoms with van der Waals surface area (Å²) < 4.78 is 25.1. The van der Waals surface area contributed by atoms with Crippen molar-refractivity contribution in [2.45, 2.75) is 6.54 Å². The highest BCUT2D eigenvalue weighted by atomic mass is 35.5. The highest BCUT2D eigenvalue weighted by Crippen LogP contribution is 2.18. The zero-order chi connectivity index (χ0) is 8.43. The molecule has 1 rings (SSSR count). The maximum absolute atomic E-state index is 12.7. The largest absolute Gasteiger partial charge is 0.326 e. The molecule has 0 saturated heterocycles. The van der Waals surface area contributed by atoms with E-state index in [4.69, 9.17) is 17.3 Å². The summed E-state index contributed by atoms with van der Waals surface area (Å²) in [4.78, 5) is 0. The van der Waals surface area contributed by atoms with Crippen LogP contribution in [0.1, 0.15) is 5.56 Å². The van der Waals surface area contributed by atoms with E-state index in [0.29, 0.717) is 0 Å². The van der Waals surface area contributed by atoms with Crippen molar-refractivity contribution in [2.24, 2.45) is 5.73 Å². The standard InChI is InChI=1S/C7H6ClF2N.ClH/c8-5-1-4(3-11)6(9)2-7(5)10;/h1-2H,3,11H2;1H. The van der Waals surface area contributed by atoms with Gasteiger partial charge in [-0.05, 0) is 6.07 Å². The maximum Gasteiger partial charge on any atom is 0.144 e. The molecule has 68 valence electrons. The lowest BCUT2D eigenvalue weighted by atomic mass is 10.2. The van der Waals surface area contributed by atoms with Gasteiger partial charge in [0, 0.05) is 18.2 Å². The number of hydrogen-bond acceptors (Lipinski definition) is 1. The molecule has 0 radical (unpaired) electrons. The van der Waals surface area contributed by atoms with Gasteiger partial charge in [0.2, 0.25) is 0 Å². The van der Waals surface area contributed by atoms with E-state index in [1.165, 1.54) is 6.07 Å². The molecule has 5 heteroatoms. The van der Waals surface area contributed by atoms with Gasteiger partial charge in [0.25, 0.3) is 0 Å². The van der Waals surface area contributed by atoms with Crippen LogP contribution in [0.15, 0.2) is 12.1 Å². The van der Waals surface area contributed by atoms with E-state index >= 15 is 0 Å². The van der Waals surface area contributed by atoms with Gasteiger partial charge in [-0.2, -0.15) is 0 Å². The van der Waals surface area contributed by atoms with Crippen LogP contribution < -0.4 is 5.73 Å². The fourth-order valence-electron chi connectivity index (χ4n) is 0.720. The molecule has 0 fully saturated rings. The minimum Gasteiger partial charge on any atom is -0.326 e. The Balaban J connectivity index is 0.00000121. The number of rotatable bonds is 1. The molecule has 0 saturated carbocycles. The summed E-state index contributed by atoms with van der Waals surface area (Å²) in [6.07, 6.45) is 0. The monoisotopic (exact) mass is 213 g/mol. The quantitative estimate of drug-likeness (QED) is 0.714. The molecule has 0 heterocycles. The third-order valence-corrected chi connectivity index (χ3v) is 1.60. The molecule has 0 aliphatic rings. The van der Waals surface area contributed by atoms with E-state index < -0.39 is 11.6 Å². The minimum atomic E-state index is -0.763. The molecular weight excluding hydrogens is 207 g/mol. The van der Waals surface area contributed by atoms with Crippen LogP contribution in [0.5, 0.6) is 0 Å². The summed E-state index contributed by atoms with van der Waals surface area (Å²) in [5.74, 6) is -1.42. The molecule has 0 bridgehead atoms. The van der Waals surface area contributed by atoms with E-state index in [2.05, 4.69) is 0 Å². The van der Waals surface area contributed by atoms with Crippen LogP contribution in [0.2, 0.25) is 5.02 Å². The Morgan fingerprint density at radius 1 is 1.25 bits per heavy atom. The molecule has 0 aliphatic carbocycles. The minimum absolute atomic E-state index is 0. The lowest BCUT2D eigenvalue weighted by Gasteiger charge is -2.00. The van der Waals surface area contributed by atoms with Crippen LogP contribution in [-0.4, -0.2) is 0 Å². The smallest absolute Gasteiger partial charge is 0.144 e. The number of hydrogen-bond donors (Lipinski definition) is 1. The van der Waals surface area contributed by atoms with Gasteiger partial charge in [-0.1, -0.05) is 11.6 Å². The van der Waals surface area contributed by atoms with Crippen molar-refractivity contribution in [3.05, 3.63) is 34.4 Å². The average molecular weight is 214 g/mol. The highest BCUT2D eigenvalue weighted by Gasteiger charge is 2.05. The van der Waals surface area contributed by atoms with Crippen LogP contribution in [0.3, 0.4) is 0 Å². The van der Waals surface area contributed by atoms with E-state index in [0.717, 1.165) is 6.07 Å². The average Bonchev–Trinajstić information content (AvgIpc) is 1.97. The van der Waals surface area contributed by atoms with E-state index in [9.17, 15) is 8.78 Å². The molecule has 1 aromatic rings. The molecule has 0 unspecified atom stereocenters. The summed E-state index contributed by atoms with van der Waals surface area (Å²) in [5.41, 5.74) is 5.37. The third kappa shape index (κ3) is 2.30. The van der Waals surface area contributed by atoms with Gasteiger partial charge in [-0.3, -0.25) is 0 Å². The Bertz CT molecular complexity index is 278. The Kier molecular flexibility index (Phi) is 4.45. The van der Waals surface area contributed by atoms with Crippen molar-refractivity contribution in [1.82, 2.24) is 0 Å². The first kappa shape index (κ1) is 11.6. The van der Waals surface area contributed by atoms with Gasteiger partial charge in [0.1, 0.15) is 11.6 Å². The molecule has 0 aromatic heterocycles. The number of benzene rings is 1. The lowest BCUT2D eigenvalue weighted by molar-refractivity contribution is 0.573. The lowest BCUT2D eigenvalue weighted by Crippen LogP contribution is -2.00. The summed E-state index contributed by atoms with van der Waals surface area (Å²) in [7, 11) is 0. The van der Waals surface area contributed by atoms with Gasteiger partial charge in [0.15, 0.2) is 0 Å². The summed E-state index contributed by atoms with van der Waals surface area (Å²) in [5, 5.41) is -0.105. The van der Waals surface area contributed by atoms with Gasteiger partial charge in [0.05, 0.1) is 5.02 Å². The summed E-state index contributed by atoms with van der Waals surface area (Å²) in [6, 6.07) is 1.91. The van der Waals surface area contributed by atoms with E-state index in [1.807, 2.05) is 0 Å². The third-order valence-electron chi connectivity index (χ3n) is 1.31. The van der Waals surface area contributed by atoms with Crippen LogP contribution in [0.25, 0.3) is 0 Å². The van der Waals surface area contributed by atoms with Crippen LogP contribution in [0.4, 0.5) is 8.78 Å². The van der Waals surface area contributed by atoms with Crippen molar-refractivity contribution in [1.29, 1.82) is 0 Å². The molecule has 0 spiro atoms. The molecule has 1 aromatic carbocycles. The summed E-state index contributed by atoms with van der Waals surface area (Å²) in [6.45, 7) is 0.0197. The second-order valence-corrected chi connectivity index (χ2v) is 2.47. The van der Waals surface area contributed by atoms with Gasteiger partial charge in [-0.25, -0.2) is 8.78 Å². The molecule has 0 aliphatic heterocycles. The van der Waals surface area contributed by atoms with Crippen molar-refractivity contribution in [3.63, 3.8) is 0 Å². The molecule has 12 heavy (non-hydrogen) atoms. The zero-order valence-electron chi connectivity index (χ0n) is 5.98. The normalized spacial score (nSPS) is 9.33. The highest BCUT2D eigenvalue weighted by molar-refractivity contribution is 6.30. The Hall–Kier alpha value is -0.380. The Morgan fingerprint density at radius 2 is 1.83 bits per heavy atom. The Labute approximate surface area is 79.9 Å². The fraction of sp³-hybridized carbons (Fsp3) is 0.143. The van der Waals surface area contributed by atoms with E-state index in [1.54, 1.807) is 0 Å². The number of halogens is 4. The second-order valence-electron chi connectivity index (χ2n) is 2.06. The van der Waals surface area contributed by atoms with Gasteiger partial charge in [-0.15, -0.1) is 12.4 Å². The molecule has 0 amide bonds. The van der Waals surface area contributed by atoms with E-state index in [-0.39, 0.29) is 29.5 Å². The van der Waals surface area contributed by atoms with Crippen LogP contribution >= 0.6 is 24.0 Å². The van der Waals surface area contributed by atoms with Crippen LogP contribution in [-0.2, 0) is 6.54 Å². The summed E-state index contributed by atoms with van der Waals surface area (Å²) >= 11 is 5.37. The van der Waals surface area contributed by atoms with Crippen molar-refractivity contribution < 1.29 is 8.78 Å². The first-order chi connectivity index (χ1) is 5.15.